The van der Waals surface area contributed by atoms with E-state index in [0.717, 1.165) is 23.3 Å². The molecule has 0 aliphatic carbocycles. The molecule has 216 valence electrons. The van der Waals surface area contributed by atoms with E-state index in [0.29, 0.717) is 24.4 Å². The minimum absolute atomic E-state index is 0.128. The van der Waals surface area contributed by atoms with Gasteiger partial charge >= 0.3 is 18.0 Å². The van der Waals surface area contributed by atoms with E-state index >= 15 is 0 Å². The maximum Gasteiger partial charge on any atom is 0.410 e. The van der Waals surface area contributed by atoms with Gasteiger partial charge in [-0.05, 0) is 50.9 Å². The first-order valence-electron chi connectivity index (χ1n) is 13.5. The minimum atomic E-state index is -0.808. The Morgan fingerprint density at radius 3 is 2.52 bits per heavy atom. The standard InChI is InChI=1S/C29H37N3O7S/c1-3-37-27(34)18-32-24-14-9-10-15-25(24)40-20-23(28(32)35)30-17-11-5-8-16-26(33)39-21(2)31-29(36)38-19-22-12-6-4-7-13-22/h4,6-7,9-10,12-15,21,23,30H,3,5,8,11,16-20H2,1-2H3,(H,31,36). The van der Waals surface area contributed by atoms with Crippen molar-refractivity contribution >= 4 is 41.4 Å². The van der Waals surface area contributed by atoms with Gasteiger partial charge in [0.2, 0.25) is 5.91 Å². The molecular formula is C29H37N3O7S. The fraction of sp³-hybridized carbons (Fsp3) is 0.448. The van der Waals surface area contributed by atoms with Crippen LogP contribution in [0, 0.1) is 0 Å². The molecule has 0 saturated heterocycles. The number of thioether (sulfide) groups is 1. The van der Waals surface area contributed by atoms with Crippen molar-refractivity contribution in [2.75, 3.05) is 30.3 Å². The van der Waals surface area contributed by atoms with Gasteiger partial charge in [-0.2, -0.15) is 0 Å². The Kier molecular flexibility index (Phi) is 12.8. The highest BCUT2D eigenvalue weighted by atomic mass is 32.2. The molecule has 0 fully saturated rings. The lowest BCUT2D eigenvalue weighted by atomic mass is 10.2. The zero-order valence-corrected chi connectivity index (χ0v) is 23.7. The van der Waals surface area contributed by atoms with Crippen LogP contribution in [0.25, 0.3) is 0 Å². The molecule has 1 heterocycles. The number of alkyl carbamates (subject to hydrolysis) is 1. The summed E-state index contributed by atoms with van der Waals surface area (Å²) in [4.78, 5) is 51.9. The van der Waals surface area contributed by atoms with Crippen molar-refractivity contribution in [1.82, 2.24) is 10.6 Å². The van der Waals surface area contributed by atoms with Gasteiger partial charge in [-0.1, -0.05) is 48.9 Å². The van der Waals surface area contributed by atoms with E-state index in [9.17, 15) is 19.2 Å². The molecule has 2 N–H and O–H groups in total. The highest BCUT2D eigenvalue weighted by Crippen LogP contribution is 2.34. The number of carbonyl (C=O) groups is 4. The van der Waals surface area contributed by atoms with Crippen LogP contribution < -0.4 is 15.5 Å². The van der Waals surface area contributed by atoms with Gasteiger partial charge in [0.1, 0.15) is 13.2 Å². The van der Waals surface area contributed by atoms with Crippen molar-refractivity contribution in [2.24, 2.45) is 0 Å². The van der Waals surface area contributed by atoms with Crippen LogP contribution in [0.4, 0.5) is 10.5 Å². The zero-order chi connectivity index (χ0) is 28.7. The van der Waals surface area contributed by atoms with E-state index < -0.39 is 30.3 Å². The number of rotatable bonds is 14. The average Bonchev–Trinajstić information content (AvgIpc) is 3.06. The SMILES string of the molecule is CCOC(=O)CN1C(=O)C(NCCCCCC(=O)OC(C)NC(=O)OCc2ccccc2)CSc2ccccc21. The van der Waals surface area contributed by atoms with Gasteiger partial charge in [-0.25, -0.2) is 4.79 Å². The number of fused-ring (bicyclic) bond motifs is 1. The summed E-state index contributed by atoms with van der Waals surface area (Å²) < 4.78 is 15.4. The average molecular weight is 572 g/mol. The summed E-state index contributed by atoms with van der Waals surface area (Å²) in [6.07, 6.45) is 0.866. The fourth-order valence-corrected chi connectivity index (χ4v) is 5.17. The first-order chi connectivity index (χ1) is 19.4. The highest BCUT2D eigenvalue weighted by Gasteiger charge is 2.31. The third-order valence-corrected chi connectivity index (χ3v) is 7.16. The van der Waals surface area contributed by atoms with Crippen LogP contribution in [-0.2, 0) is 35.2 Å². The van der Waals surface area contributed by atoms with Gasteiger partial charge in [0.25, 0.3) is 0 Å². The van der Waals surface area contributed by atoms with Gasteiger partial charge in [-0.3, -0.25) is 24.6 Å². The van der Waals surface area contributed by atoms with Gasteiger partial charge < -0.3 is 19.5 Å². The lowest BCUT2D eigenvalue weighted by Gasteiger charge is -2.25. The number of esters is 2. The van der Waals surface area contributed by atoms with Crippen LogP contribution in [0.2, 0.25) is 0 Å². The van der Waals surface area contributed by atoms with Gasteiger partial charge in [0.05, 0.1) is 18.3 Å². The van der Waals surface area contributed by atoms with E-state index in [-0.39, 0.29) is 32.1 Å². The third kappa shape index (κ3) is 10.2. The third-order valence-electron chi connectivity index (χ3n) is 6.01. The number of para-hydroxylation sites is 1. The van der Waals surface area contributed by atoms with Gasteiger partial charge in [-0.15, -0.1) is 11.8 Å². The lowest BCUT2D eigenvalue weighted by Crippen LogP contribution is -2.49. The summed E-state index contributed by atoms with van der Waals surface area (Å²) in [6.45, 7) is 4.13. The van der Waals surface area contributed by atoms with Crippen LogP contribution in [0.3, 0.4) is 0 Å². The molecule has 2 atom stereocenters. The summed E-state index contributed by atoms with van der Waals surface area (Å²) in [5, 5.41) is 5.79. The number of anilines is 1. The second kappa shape index (κ2) is 16.5. The van der Waals surface area contributed by atoms with Crippen molar-refractivity contribution in [2.45, 2.75) is 63.3 Å². The molecular weight excluding hydrogens is 534 g/mol. The Bertz CT molecular complexity index is 1130. The molecule has 40 heavy (non-hydrogen) atoms. The summed E-state index contributed by atoms with van der Waals surface area (Å²) >= 11 is 1.57. The molecule has 2 aromatic carbocycles. The Hall–Kier alpha value is -3.57. The van der Waals surface area contributed by atoms with E-state index in [2.05, 4.69) is 10.6 Å². The Morgan fingerprint density at radius 2 is 1.75 bits per heavy atom. The largest absolute Gasteiger partial charge is 0.465 e. The Balaban J connectivity index is 1.33. The topological polar surface area (TPSA) is 123 Å². The summed E-state index contributed by atoms with van der Waals surface area (Å²) in [5.74, 6) is -0.485. The second-order valence-electron chi connectivity index (χ2n) is 9.16. The van der Waals surface area contributed by atoms with Crippen LogP contribution in [0.1, 0.15) is 45.1 Å². The van der Waals surface area contributed by atoms with Crippen molar-refractivity contribution in [1.29, 1.82) is 0 Å². The van der Waals surface area contributed by atoms with E-state index in [1.165, 1.54) is 4.90 Å². The number of nitrogens with zero attached hydrogens (tertiary/aromatic N) is 1. The number of hydrogen-bond acceptors (Lipinski definition) is 9. The number of unbranched alkanes of at least 4 members (excludes halogenated alkanes) is 2. The zero-order valence-electron chi connectivity index (χ0n) is 22.9. The molecule has 2 amide bonds. The van der Waals surface area contributed by atoms with Crippen molar-refractivity contribution in [3.8, 4) is 0 Å². The Labute approximate surface area is 239 Å². The molecule has 0 aromatic heterocycles. The molecule has 1 aliphatic rings. The molecule has 1 aliphatic heterocycles. The summed E-state index contributed by atoms with van der Waals surface area (Å²) in [7, 11) is 0. The molecule has 3 rings (SSSR count). The predicted octanol–water partition coefficient (Wildman–Crippen LogP) is 4.02. The summed E-state index contributed by atoms with van der Waals surface area (Å²) in [5.41, 5.74) is 1.57. The number of ether oxygens (including phenoxy) is 3. The number of benzene rings is 2. The van der Waals surface area contributed by atoms with Crippen LogP contribution in [-0.4, -0.2) is 61.7 Å². The van der Waals surface area contributed by atoms with Crippen molar-refractivity contribution < 1.29 is 33.4 Å². The van der Waals surface area contributed by atoms with Gasteiger partial charge in [0, 0.05) is 17.1 Å². The Morgan fingerprint density at radius 1 is 1.00 bits per heavy atom. The van der Waals surface area contributed by atoms with E-state index in [4.69, 9.17) is 14.2 Å². The van der Waals surface area contributed by atoms with Crippen molar-refractivity contribution in [3.05, 3.63) is 60.2 Å². The van der Waals surface area contributed by atoms with Gasteiger partial charge in [0.15, 0.2) is 6.23 Å². The summed E-state index contributed by atoms with van der Waals surface area (Å²) in [6, 6.07) is 16.4. The second-order valence-corrected chi connectivity index (χ2v) is 10.2. The van der Waals surface area contributed by atoms with Crippen LogP contribution in [0.15, 0.2) is 59.5 Å². The minimum Gasteiger partial charge on any atom is -0.465 e. The molecule has 11 heteroatoms. The number of carbonyl (C=O) groups excluding carboxylic acids is 4. The highest BCUT2D eigenvalue weighted by molar-refractivity contribution is 7.99. The van der Waals surface area contributed by atoms with Crippen molar-refractivity contribution in [3.63, 3.8) is 0 Å². The molecule has 0 radical (unpaired) electrons. The first-order valence-corrected chi connectivity index (χ1v) is 14.4. The molecule has 2 aromatic rings. The quantitative estimate of drug-likeness (QED) is 0.150. The lowest BCUT2D eigenvalue weighted by molar-refractivity contribution is -0.149. The number of nitrogens with one attached hydrogen (secondary N) is 2. The first kappa shape index (κ1) is 31.0. The maximum absolute atomic E-state index is 13.3. The molecule has 0 bridgehead atoms. The van der Waals surface area contributed by atoms with Crippen LogP contribution in [0.5, 0.6) is 0 Å². The smallest absolute Gasteiger partial charge is 0.410 e. The normalized spacial score (nSPS) is 15.4. The fourth-order valence-electron chi connectivity index (χ4n) is 4.06. The molecule has 10 nitrogen and oxygen atoms in total. The van der Waals surface area contributed by atoms with E-state index in [1.807, 2.05) is 54.6 Å². The van der Waals surface area contributed by atoms with E-state index in [1.54, 1.807) is 25.6 Å². The number of amides is 2. The molecule has 2 unspecified atom stereocenters. The maximum atomic E-state index is 13.3. The van der Waals surface area contributed by atoms with Crippen LogP contribution >= 0.6 is 11.8 Å². The molecule has 0 spiro atoms. The monoisotopic (exact) mass is 571 g/mol. The predicted molar refractivity (Wildman–Crippen MR) is 152 cm³/mol. The molecule has 0 saturated carbocycles. The number of hydrogen-bond donors (Lipinski definition) is 2.